The minimum atomic E-state index is -0.972. The van der Waals surface area contributed by atoms with Crippen molar-refractivity contribution in [1.82, 2.24) is 10.6 Å². The molecule has 0 bridgehead atoms. The largest absolute Gasteiger partial charge is 0.377 e. The van der Waals surface area contributed by atoms with E-state index in [0.717, 1.165) is 19.4 Å². The molecule has 4 N–H and O–H groups in total. The number of carbonyl (C=O) groups is 2. The molecule has 0 aromatic carbocycles. The number of rotatable bonds is 3. The molecule has 0 aromatic heterocycles. The van der Waals surface area contributed by atoms with Crippen molar-refractivity contribution in [1.29, 1.82) is 0 Å². The Morgan fingerprint density at radius 3 is 2.55 bits per heavy atom. The zero-order valence-corrected chi connectivity index (χ0v) is 14.3. The van der Waals surface area contributed by atoms with Crippen molar-refractivity contribution in [2.45, 2.75) is 64.6 Å². The maximum Gasteiger partial charge on any atom is 0.241 e. The second-order valence-electron chi connectivity index (χ2n) is 8.11. The number of hydrogen-bond acceptors (Lipinski definition) is 4. The Morgan fingerprint density at radius 1 is 1.32 bits per heavy atom. The third-order valence-electron chi connectivity index (χ3n) is 4.98. The Balaban J connectivity index is 1.98. The highest BCUT2D eigenvalue weighted by Crippen LogP contribution is 2.57. The molecule has 2 fully saturated rings. The summed E-state index contributed by atoms with van der Waals surface area (Å²) in [4.78, 5) is 24.5. The van der Waals surface area contributed by atoms with Gasteiger partial charge in [0, 0.05) is 23.5 Å². The summed E-state index contributed by atoms with van der Waals surface area (Å²) in [6, 6.07) is 0. The van der Waals surface area contributed by atoms with Crippen molar-refractivity contribution in [2.75, 3.05) is 13.2 Å². The van der Waals surface area contributed by atoms with Crippen molar-refractivity contribution in [3.05, 3.63) is 0 Å². The standard InChI is InChI=1S/C16H29N3O3/c1-14(2,3)19-11(20)9-18-13(21)16(17)10-7-6-8-22-12(10)15(16,4)5/h10,12H,6-9,17H2,1-5H3,(H,18,21)(H,19,20). The smallest absolute Gasteiger partial charge is 0.241 e. The van der Waals surface area contributed by atoms with Crippen LogP contribution in [0.4, 0.5) is 0 Å². The Hall–Kier alpha value is -1.14. The Bertz CT molecular complexity index is 470. The van der Waals surface area contributed by atoms with Gasteiger partial charge in [-0.05, 0) is 33.6 Å². The number of nitrogens with two attached hydrogens (primary N) is 1. The van der Waals surface area contributed by atoms with Gasteiger partial charge in [-0.25, -0.2) is 0 Å². The van der Waals surface area contributed by atoms with Crippen molar-refractivity contribution < 1.29 is 14.3 Å². The lowest BCUT2D eigenvalue weighted by Crippen LogP contribution is -2.82. The van der Waals surface area contributed by atoms with E-state index in [0.29, 0.717) is 0 Å². The number of ether oxygens (including phenoxy) is 1. The summed E-state index contributed by atoms with van der Waals surface area (Å²) >= 11 is 0. The topological polar surface area (TPSA) is 93.5 Å². The van der Waals surface area contributed by atoms with E-state index in [1.54, 1.807) is 0 Å². The Morgan fingerprint density at radius 2 is 1.95 bits per heavy atom. The summed E-state index contributed by atoms with van der Waals surface area (Å²) < 4.78 is 5.79. The fourth-order valence-corrected chi connectivity index (χ4v) is 3.81. The lowest BCUT2D eigenvalue weighted by atomic mass is 9.46. The average molecular weight is 311 g/mol. The van der Waals surface area contributed by atoms with Crippen molar-refractivity contribution >= 4 is 11.8 Å². The molecule has 1 saturated heterocycles. The van der Waals surface area contributed by atoms with Gasteiger partial charge in [-0.1, -0.05) is 13.8 Å². The molecular weight excluding hydrogens is 282 g/mol. The lowest BCUT2D eigenvalue weighted by Gasteiger charge is -2.65. The van der Waals surface area contributed by atoms with E-state index < -0.39 is 11.0 Å². The summed E-state index contributed by atoms with van der Waals surface area (Å²) in [6.07, 6.45) is 1.85. The molecule has 3 unspecified atom stereocenters. The van der Waals surface area contributed by atoms with Crippen LogP contribution in [0.5, 0.6) is 0 Å². The molecule has 2 amide bonds. The number of carbonyl (C=O) groups excluding carboxylic acids is 2. The number of hydrogen-bond donors (Lipinski definition) is 3. The quantitative estimate of drug-likeness (QED) is 0.709. The maximum absolute atomic E-state index is 12.6. The lowest BCUT2D eigenvalue weighted by molar-refractivity contribution is -0.225. The molecule has 3 atom stereocenters. The Kier molecular flexibility index (Phi) is 4.30. The van der Waals surface area contributed by atoms with E-state index in [-0.39, 0.29) is 35.9 Å². The van der Waals surface area contributed by atoms with Gasteiger partial charge in [0.1, 0.15) is 5.54 Å². The van der Waals surface area contributed by atoms with Crippen LogP contribution in [0.1, 0.15) is 47.5 Å². The third kappa shape index (κ3) is 2.74. The fourth-order valence-electron chi connectivity index (χ4n) is 3.81. The van der Waals surface area contributed by atoms with Gasteiger partial charge in [0.15, 0.2) is 0 Å². The van der Waals surface area contributed by atoms with Crippen LogP contribution in [-0.2, 0) is 14.3 Å². The van der Waals surface area contributed by atoms with E-state index in [2.05, 4.69) is 10.6 Å². The van der Waals surface area contributed by atoms with Gasteiger partial charge in [0.2, 0.25) is 11.8 Å². The summed E-state index contributed by atoms with van der Waals surface area (Å²) in [5, 5.41) is 5.52. The van der Waals surface area contributed by atoms with Crippen LogP contribution in [0.2, 0.25) is 0 Å². The summed E-state index contributed by atoms with van der Waals surface area (Å²) in [6.45, 7) is 10.3. The Labute approximate surface area is 132 Å². The van der Waals surface area contributed by atoms with E-state index >= 15 is 0 Å². The van der Waals surface area contributed by atoms with Crippen molar-refractivity contribution in [3.8, 4) is 0 Å². The van der Waals surface area contributed by atoms with Crippen LogP contribution < -0.4 is 16.4 Å². The van der Waals surface area contributed by atoms with E-state index in [1.807, 2.05) is 34.6 Å². The van der Waals surface area contributed by atoms with Gasteiger partial charge in [-0.2, -0.15) is 0 Å². The second-order valence-corrected chi connectivity index (χ2v) is 8.11. The zero-order valence-electron chi connectivity index (χ0n) is 14.3. The molecule has 1 aliphatic heterocycles. The summed E-state index contributed by atoms with van der Waals surface area (Å²) in [5.41, 5.74) is 4.75. The molecule has 1 heterocycles. The van der Waals surface area contributed by atoms with Gasteiger partial charge in [0.25, 0.3) is 0 Å². The first-order chi connectivity index (χ1) is 10.00. The van der Waals surface area contributed by atoms with Gasteiger partial charge < -0.3 is 21.1 Å². The van der Waals surface area contributed by atoms with E-state index in [4.69, 9.17) is 10.5 Å². The van der Waals surface area contributed by atoms with Crippen LogP contribution in [0, 0.1) is 11.3 Å². The number of fused-ring (bicyclic) bond motifs is 1. The maximum atomic E-state index is 12.6. The molecule has 0 spiro atoms. The SMILES string of the molecule is CC(C)(C)NC(=O)CNC(=O)C1(N)C2CCCOC2C1(C)C. The molecule has 2 rings (SSSR count). The predicted molar refractivity (Wildman–Crippen MR) is 84.1 cm³/mol. The molecule has 0 aromatic rings. The van der Waals surface area contributed by atoms with Crippen LogP contribution in [-0.4, -0.2) is 42.1 Å². The number of amides is 2. The summed E-state index contributed by atoms with van der Waals surface area (Å²) in [7, 11) is 0. The first-order valence-electron chi connectivity index (χ1n) is 8.00. The molecule has 126 valence electrons. The molecule has 0 radical (unpaired) electrons. The molecule has 6 nitrogen and oxygen atoms in total. The molecule has 2 aliphatic rings. The highest BCUT2D eigenvalue weighted by Gasteiger charge is 2.70. The highest BCUT2D eigenvalue weighted by atomic mass is 16.5. The van der Waals surface area contributed by atoms with Gasteiger partial charge in [-0.15, -0.1) is 0 Å². The summed E-state index contributed by atoms with van der Waals surface area (Å²) in [5.74, 6) is -0.437. The number of nitrogens with one attached hydrogen (secondary N) is 2. The van der Waals surface area contributed by atoms with Crippen molar-refractivity contribution in [2.24, 2.45) is 17.1 Å². The predicted octanol–water partition coefficient (Wildman–Crippen LogP) is 0.550. The normalized spacial score (nSPS) is 33.4. The molecule has 1 aliphatic carbocycles. The van der Waals surface area contributed by atoms with Gasteiger partial charge in [0.05, 0.1) is 12.6 Å². The molecular formula is C16H29N3O3. The monoisotopic (exact) mass is 311 g/mol. The fraction of sp³-hybridized carbons (Fsp3) is 0.875. The third-order valence-corrected chi connectivity index (χ3v) is 4.98. The van der Waals surface area contributed by atoms with Gasteiger partial charge >= 0.3 is 0 Å². The second kappa shape index (κ2) is 5.49. The zero-order chi connectivity index (χ0) is 16.8. The van der Waals surface area contributed by atoms with E-state index in [9.17, 15) is 9.59 Å². The average Bonchev–Trinajstić information content (AvgIpc) is 2.42. The minimum Gasteiger partial charge on any atom is -0.377 e. The van der Waals surface area contributed by atoms with Crippen LogP contribution >= 0.6 is 0 Å². The molecule has 6 heteroatoms. The van der Waals surface area contributed by atoms with Crippen molar-refractivity contribution in [3.63, 3.8) is 0 Å². The van der Waals surface area contributed by atoms with Crippen LogP contribution in [0.15, 0.2) is 0 Å². The molecule has 1 saturated carbocycles. The first kappa shape index (κ1) is 17.2. The van der Waals surface area contributed by atoms with Gasteiger partial charge in [-0.3, -0.25) is 9.59 Å². The van der Waals surface area contributed by atoms with E-state index in [1.165, 1.54) is 0 Å². The highest BCUT2D eigenvalue weighted by molar-refractivity contribution is 5.92. The van der Waals surface area contributed by atoms with Crippen LogP contribution in [0.25, 0.3) is 0 Å². The molecule has 22 heavy (non-hydrogen) atoms. The van der Waals surface area contributed by atoms with Crippen LogP contribution in [0.3, 0.4) is 0 Å². The first-order valence-corrected chi connectivity index (χ1v) is 8.00. The minimum absolute atomic E-state index is 0.0281.